The van der Waals surface area contributed by atoms with Crippen LogP contribution in [0, 0.1) is 5.82 Å². The fourth-order valence-electron chi connectivity index (χ4n) is 1.88. The summed E-state index contributed by atoms with van der Waals surface area (Å²) in [5, 5.41) is 2.76. The van der Waals surface area contributed by atoms with E-state index in [0.717, 1.165) is 16.5 Å². The van der Waals surface area contributed by atoms with Crippen LogP contribution in [0.15, 0.2) is 45.3 Å². The van der Waals surface area contributed by atoms with Gasteiger partial charge in [0.15, 0.2) is 0 Å². The highest BCUT2D eigenvalue weighted by Crippen LogP contribution is 2.25. The molecular weight excluding hydrogens is 389 g/mol. The molecule has 0 aliphatic rings. The van der Waals surface area contributed by atoms with E-state index in [1.807, 2.05) is 19.1 Å². The third-order valence-electron chi connectivity index (χ3n) is 2.89. The summed E-state index contributed by atoms with van der Waals surface area (Å²) >= 11 is 6.59. The van der Waals surface area contributed by atoms with E-state index >= 15 is 0 Å². The number of aryl methyl sites for hydroxylation is 1. The maximum Gasteiger partial charge on any atom is 0.259 e. The Balaban J connectivity index is 2.33. The number of anilines is 1. The molecule has 0 aliphatic heterocycles. The van der Waals surface area contributed by atoms with Crippen molar-refractivity contribution in [1.82, 2.24) is 0 Å². The number of carbonyl (C=O) groups excluding carboxylic acids is 1. The van der Waals surface area contributed by atoms with Crippen molar-refractivity contribution in [3.05, 3.63) is 62.3 Å². The zero-order valence-corrected chi connectivity index (χ0v) is 13.9. The Morgan fingerprint density at radius 3 is 2.65 bits per heavy atom. The van der Waals surface area contributed by atoms with Crippen molar-refractivity contribution in [2.75, 3.05) is 5.32 Å². The van der Waals surface area contributed by atoms with Gasteiger partial charge in [0.2, 0.25) is 0 Å². The number of rotatable bonds is 3. The van der Waals surface area contributed by atoms with Gasteiger partial charge in [0.25, 0.3) is 5.91 Å². The molecule has 0 bridgehead atoms. The second kappa shape index (κ2) is 6.50. The number of hydrogen-bond acceptors (Lipinski definition) is 1. The fourth-order valence-corrected chi connectivity index (χ4v) is 2.81. The Hall–Kier alpha value is -1.20. The summed E-state index contributed by atoms with van der Waals surface area (Å²) in [4.78, 5) is 12.2. The predicted molar refractivity (Wildman–Crippen MR) is 85.6 cm³/mol. The van der Waals surface area contributed by atoms with Crippen molar-refractivity contribution >= 4 is 43.5 Å². The van der Waals surface area contributed by atoms with E-state index < -0.39 is 11.7 Å². The molecule has 0 aliphatic carbocycles. The molecule has 0 unspecified atom stereocenters. The molecule has 20 heavy (non-hydrogen) atoms. The van der Waals surface area contributed by atoms with Gasteiger partial charge < -0.3 is 5.32 Å². The van der Waals surface area contributed by atoms with Crippen molar-refractivity contribution in [3.8, 4) is 0 Å². The van der Waals surface area contributed by atoms with Gasteiger partial charge in [-0.15, -0.1) is 0 Å². The van der Waals surface area contributed by atoms with Gasteiger partial charge in [-0.3, -0.25) is 4.79 Å². The molecule has 2 aromatic carbocycles. The SMILES string of the molecule is CCc1cc(Br)ccc1NC(=O)c1c(F)cccc1Br. The van der Waals surface area contributed by atoms with Crippen LogP contribution in [-0.4, -0.2) is 5.91 Å². The molecule has 2 aromatic rings. The Labute approximate surface area is 133 Å². The first-order chi connectivity index (χ1) is 9.52. The fraction of sp³-hybridized carbons (Fsp3) is 0.133. The van der Waals surface area contributed by atoms with E-state index in [0.29, 0.717) is 10.2 Å². The Morgan fingerprint density at radius 1 is 1.25 bits per heavy atom. The number of hydrogen-bond donors (Lipinski definition) is 1. The summed E-state index contributed by atoms with van der Waals surface area (Å²) < 4.78 is 15.1. The Kier molecular flexibility index (Phi) is 4.94. The molecule has 0 aromatic heterocycles. The van der Waals surface area contributed by atoms with Gasteiger partial charge in [-0.1, -0.05) is 28.9 Å². The number of nitrogens with one attached hydrogen (secondary N) is 1. The Bertz CT molecular complexity index is 638. The largest absolute Gasteiger partial charge is 0.322 e. The van der Waals surface area contributed by atoms with Crippen molar-refractivity contribution in [2.24, 2.45) is 0 Å². The molecule has 5 heteroatoms. The van der Waals surface area contributed by atoms with Gasteiger partial charge in [-0.25, -0.2) is 4.39 Å². The van der Waals surface area contributed by atoms with E-state index in [1.165, 1.54) is 6.07 Å². The molecule has 0 atom stereocenters. The maximum absolute atomic E-state index is 13.8. The van der Waals surface area contributed by atoms with Crippen LogP contribution in [0.5, 0.6) is 0 Å². The first kappa shape index (κ1) is 15.2. The lowest BCUT2D eigenvalue weighted by Gasteiger charge is -2.11. The summed E-state index contributed by atoms with van der Waals surface area (Å²) in [6.07, 6.45) is 0.771. The van der Waals surface area contributed by atoms with Gasteiger partial charge in [-0.2, -0.15) is 0 Å². The summed E-state index contributed by atoms with van der Waals surface area (Å²) in [5.74, 6) is -1.01. The van der Waals surface area contributed by atoms with Crippen LogP contribution in [0.3, 0.4) is 0 Å². The molecule has 1 N–H and O–H groups in total. The monoisotopic (exact) mass is 399 g/mol. The van der Waals surface area contributed by atoms with Crippen molar-refractivity contribution in [1.29, 1.82) is 0 Å². The van der Waals surface area contributed by atoms with Crippen molar-refractivity contribution < 1.29 is 9.18 Å². The van der Waals surface area contributed by atoms with Crippen LogP contribution in [0.25, 0.3) is 0 Å². The van der Waals surface area contributed by atoms with Gasteiger partial charge >= 0.3 is 0 Å². The van der Waals surface area contributed by atoms with E-state index in [-0.39, 0.29) is 5.56 Å². The molecule has 0 saturated carbocycles. The average molecular weight is 401 g/mol. The summed E-state index contributed by atoms with van der Waals surface area (Å²) in [7, 11) is 0. The second-order valence-corrected chi connectivity index (χ2v) is 5.98. The summed E-state index contributed by atoms with van der Waals surface area (Å²) in [6, 6.07) is 10.0. The molecular formula is C15H12Br2FNO. The zero-order valence-electron chi connectivity index (χ0n) is 10.7. The van der Waals surface area contributed by atoms with E-state index in [1.54, 1.807) is 18.2 Å². The minimum atomic E-state index is -0.549. The minimum absolute atomic E-state index is 0.0115. The average Bonchev–Trinajstić information content (AvgIpc) is 2.40. The lowest BCUT2D eigenvalue weighted by Crippen LogP contribution is -2.15. The van der Waals surface area contributed by atoms with Crippen molar-refractivity contribution in [3.63, 3.8) is 0 Å². The Morgan fingerprint density at radius 2 is 2.00 bits per heavy atom. The lowest BCUT2D eigenvalue weighted by atomic mass is 10.1. The maximum atomic E-state index is 13.8. The molecule has 1 amide bonds. The quantitative estimate of drug-likeness (QED) is 0.756. The number of amides is 1. The number of benzene rings is 2. The molecule has 0 heterocycles. The number of halogens is 3. The highest BCUT2D eigenvalue weighted by Gasteiger charge is 2.16. The van der Waals surface area contributed by atoms with Gasteiger partial charge in [0, 0.05) is 14.6 Å². The van der Waals surface area contributed by atoms with Crippen LogP contribution < -0.4 is 5.32 Å². The standard InChI is InChI=1S/C15H12Br2FNO/c1-2-9-8-10(16)6-7-13(9)19-15(20)14-11(17)4-3-5-12(14)18/h3-8H,2H2,1H3,(H,19,20). The normalized spacial score (nSPS) is 10.4. The zero-order chi connectivity index (χ0) is 14.7. The third-order valence-corrected chi connectivity index (χ3v) is 4.04. The highest BCUT2D eigenvalue weighted by molar-refractivity contribution is 9.10. The number of carbonyl (C=O) groups is 1. The van der Waals surface area contributed by atoms with Crippen LogP contribution in [0.4, 0.5) is 10.1 Å². The van der Waals surface area contributed by atoms with E-state index in [4.69, 9.17) is 0 Å². The van der Waals surface area contributed by atoms with E-state index in [9.17, 15) is 9.18 Å². The molecule has 0 fully saturated rings. The molecule has 2 nitrogen and oxygen atoms in total. The molecule has 2 rings (SSSR count). The topological polar surface area (TPSA) is 29.1 Å². The predicted octanol–water partition coefficient (Wildman–Crippen LogP) is 5.17. The van der Waals surface area contributed by atoms with Crippen LogP contribution in [0.1, 0.15) is 22.8 Å². The van der Waals surface area contributed by atoms with E-state index in [2.05, 4.69) is 37.2 Å². The summed E-state index contributed by atoms with van der Waals surface area (Å²) in [5.41, 5.74) is 1.69. The van der Waals surface area contributed by atoms with Crippen molar-refractivity contribution in [2.45, 2.75) is 13.3 Å². The molecule has 0 radical (unpaired) electrons. The second-order valence-electron chi connectivity index (χ2n) is 4.21. The smallest absolute Gasteiger partial charge is 0.259 e. The van der Waals surface area contributed by atoms with Crippen LogP contribution in [-0.2, 0) is 6.42 Å². The highest BCUT2D eigenvalue weighted by atomic mass is 79.9. The molecule has 0 spiro atoms. The summed E-state index contributed by atoms with van der Waals surface area (Å²) in [6.45, 7) is 2.00. The van der Waals surface area contributed by atoms with Gasteiger partial charge in [0.1, 0.15) is 5.82 Å². The first-order valence-corrected chi connectivity index (χ1v) is 7.65. The lowest BCUT2D eigenvalue weighted by molar-refractivity contribution is 0.102. The van der Waals surface area contributed by atoms with Crippen LogP contribution >= 0.6 is 31.9 Å². The first-order valence-electron chi connectivity index (χ1n) is 6.06. The van der Waals surface area contributed by atoms with Crippen LogP contribution in [0.2, 0.25) is 0 Å². The van der Waals surface area contributed by atoms with Gasteiger partial charge in [0.05, 0.1) is 5.56 Å². The molecule has 0 saturated heterocycles. The minimum Gasteiger partial charge on any atom is -0.322 e. The van der Waals surface area contributed by atoms with Gasteiger partial charge in [-0.05, 0) is 58.2 Å². The third kappa shape index (κ3) is 3.27. The molecule has 104 valence electrons.